The number of ketones is 1. The molecule has 0 aliphatic heterocycles. The number of hydrogen-bond donors (Lipinski definition) is 0. The molecule has 0 radical (unpaired) electrons. The molecular weight excluding hydrogens is 232 g/mol. The van der Waals surface area contributed by atoms with Gasteiger partial charge in [0.25, 0.3) is 0 Å². The minimum atomic E-state index is 0.272. The maximum Gasteiger partial charge on any atom is 0.130 e. The van der Waals surface area contributed by atoms with Crippen LogP contribution in [0.1, 0.15) is 60.3 Å². The van der Waals surface area contributed by atoms with E-state index in [0.717, 1.165) is 18.4 Å². The fourth-order valence-corrected chi connectivity index (χ4v) is 1.96. The molecule has 0 spiro atoms. The summed E-state index contributed by atoms with van der Waals surface area (Å²) >= 11 is 0. The van der Waals surface area contributed by atoms with Crippen LogP contribution < -0.4 is 0 Å². The van der Waals surface area contributed by atoms with Crippen molar-refractivity contribution in [2.24, 2.45) is 11.8 Å². The van der Waals surface area contributed by atoms with Crippen LogP contribution in [0.3, 0.4) is 0 Å². The SMILES string of the molecule is C=C(C)/C=C/[C@H](CC/C(C)=C/CCC(C)=O)C(C)C. The highest BCUT2D eigenvalue weighted by atomic mass is 16.1. The van der Waals surface area contributed by atoms with E-state index in [9.17, 15) is 4.79 Å². The normalized spacial score (nSPS) is 14.1. The second kappa shape index (κ2) is 9.77. The van der Waals surface area contributed by atoms with Crippen LogP contribution in [-0.4, -0.2) is 5.78 Å². The summed E-state index contributed by atoms with van der Waals surface area (Å²) in [5.41, 5.74) is 2.51. The average molecular weight is 262 g/mol. The molecule has 0 unspecified atom stereocenters. The Kier molecular flexibility index (Phi) is 9.20. The third-order valence-electron chi connectivity index (χ3n) is 3.35. The lowest BCUT2D eigenvalue weighted by Gasteiger charge is -2.17. The van der Waals surface area contributed by atoms with Gasteiger partial charge in [0.1, 0.15) is 5.78 Å². The van der Waals surface area contributed by atoms with E-state index >= 15 is 0 Å². The van der Waals surface area contributed by atoms with Gasteiger partial charge in [-0.15, -0.1) is 0 Å². The van der Waals surface area contributed by atoms with Gasteiger partial charge in [0, 0.05) is 6.42 Å². The molecule has 0 amide bonds. The zero-order valence-corrected chi connectivity index (χ0v) is 13.3. The van der Waals surface area contributed by atoms with Crippen molar-refractivity contribution in [1.29, 1.82) is 0 Å². The lowest BCUT2D eigenvalue weighted by atomic mass is 9.89. The predicted octanol–water partition coefficient (Wildman–Crippen LogP) is 5.49. The fraction of sp³-hybridized carbons (Fsp3) is 0.611. The molecule has 0 aliphatic rings. The Hall–Kier alpha value is -1.11. The fourth-order valence-electron chi connectivity index (χ4n) is 1.96. The van der Waals surface area contributed by atoms with Gasteiger partial charge in [-0.25, -0.2) is 0 Å². The summed E-state index contributed by atoms with van der Waals surface area (Å²) in [5, 5.41) is 0. The third-order valence-corrected chi connectivity index (χ3v) is 3.35. The molecule has 1 heteroatoms. The first-order valence-corrected chi connectivity index (χ1v) is 7.31. The minimum absolute atomic E-state index is 0.272. The molecule has 0 rings (SSSR count). The number of allylic oxidation sites excluding steroid dienone is 5. The van der Waals surface area contributed by atoms with Crippen LogP contribution in [-0.2, 0) is 4.79 Å². The Morgan fingerprint density at radius 1 is 1.16 bits per heavy atom. The van der Waals surface area contributed by atoms with E-state index in [-0.39, 0.29) is 5.78 Å². The van der Waals surface area contributed by atoms with Gasteiger partial charge in [0.05, 0.1) is 0 Å². The first kappa shape index (κ1) is 17.9. The molecule has 0 saturated carbocycles. The molecule has 0 heterocycles. The molecule has 1 nitrogen and oxygen atoms in total. The molecule has 0 aromatic carbocycles. The predicted molar refractivity (Wildman–Crippen MR) is 85.2 cm³/mol. The van der Waals surface area contributed by atoms with E-state index in [0.29, 0.717) is 18.3 Å². The van der Waals surface area contributed by atoms with Crippen molar-refractivity contribution < 1.29 is 4.79 Å². The molecule has 0 bridgehead atoms. The van der Waals surface area contributed by atoms with Gasteiger partial charge < -0.3 is 4.79 Å². The highest BCUT2D eigenvalue weighted by Gasteiger charge is 2.09. The van der Waals surface area contributed by atoms with Crippen LogP contribution in [0.4, 0.5) is 0 Å². The van der Waals surface area contributed by atoms with Crippen LogP contribution in [0, 0.1) is 11.8 Å². The first-order valence-electron chi connectivity index (χ1n) is 7.31. The maximum atomic E-state index is 10.9. The van der Waals surface area contributed by atoms with Crippen LogP contribution in [0.2, 0.25) is 0 Å². The van der Waals surface area contributed by atoms with Crippen molar-refractivity contribution in [2.45, 2.75) is 60.3 Å². The van der Waals surface area contributed by atoms with Gasteiger partial charge in [-0.2, -0.15) is 0 Å². The Bertz CT molecular complexity index is 345. The second-order valence-corrected chi connectivity index (χ2v) is 5.94. The Morgan fingerprint density at radius 3 is 2.26 bits per heavy atom. The van der Waals surface area contributed by atoms with E-state index < -0.39 is 0 Å². The van der Waals surface area contributed by atoms with E-state index in [1.807, 2.05) is 6.92 Å². The van der Waals surface area contributed by atoms with Crippen LogP contribution in [0.25, 0.3) is 0 Å². The number of carbonyl (C=O) groups excluding carboxylic acids is 1. The molecule has 0 aromatic heterocycles. The Morgan fingerprint density at radius 2 is 1.79 bits per heavy atom. The summed E-state index contributed by atoms with van der Waals surface area (Å²) in [6, 6.07) is 0. The highest BCUT2D eigenvalue weighted by Crippen LogP contribution is 2.22. The number of rotatable bonds is 9. The van der Waals surface area contributed by atoms with Gasteiger partial charge in [-0.1, -0.05) is 49.8 Å². The molecule has 108 valence electrons. The number of hydrogen-bond acceptors (Lipinski definition) is 1. The zero-order valence-electron chi connectivity index (χ0n) is 13.3. The number of carbonyl (C=O) groups is 1. The Labute approximate surface area is 119 Å². The van der Waals surface area contributed by atoms with E-state index in [4.69, 9.17) is 0 Å². The quantitative estimate of drug-likeness (QED) is 0.397. The summed E-state index contributed by atoms with van der Waals surface area (Å²) in [7, 11) is 0. The molecule has 0 aromatic rings. The molecule has 19 heavy (non-hydrogen) atoms. The first-order chi connectivity index (χ1) is 8.82. The van der Waals surface area contributed by atoms with Crippen LogP contribution >= 0.6 is 0 Å². The number of Topliss-reactive ketones (excluding diaryl/α,β-unsaturated/α-hetero) is 1. The average Bonchev–Trinajstić information content (AvgIpc) is 2.27. The highest BCUT2D eigenvalue weighted by molar-refractivity contribution is 5.75. The smallest absolute Gasteiger partial charge is 0.130 e. The van der Waals surface area contributed by atoms with Crippen molar-refractivity contribution in [1.82, 2.24) is 0 Å². The van der Waals surface area contributed by atoms with Gasteiger partial charge in [0.15, 0.2) is 0 Å². The standard InChI is InChI=1S/C18H30O/c1-14(2)10-12-18(15(3)4)13-11-16(5)8-7-9-17(6)19/h8,10,12,15,18H,1,7,9,11,13H2,2-6H3/b12-10+,16-8+/t18-/m1/s1. The summed E-state index contributed by atoms with van der Waals surface area (Å²) < 4.78 is 0. The van der Waals surface area contributed by atoms with E-state index in [1.54, 1.807) is 6.92 Å². The molecular formula is C18H30O. The molecule has 0 N–H and O–H groups in total. The van der Waals surface area contributed by atoms with E-state index in [1.165, 1.54) is 12.0 Å². The lowest BCUT2D eigenvalue weighted by molar-refractivity contribution is -0.116. The van der Waals surface area contributed by atoms with Crippen molar-refractivity contribution in [2.75, 3.05) is 0 Å². The molecule has 1 atom stereocenters. The van der Waals surface area contributed by atoms with E-state index in [2.05, 4.69) is 45.6 Å². The van der Waals surface area contributed by atoms with Crippen molar-refractivity contribution in [3.63, 3.8) is 0 Å². The van der Waals surface area contributed by atoms with Gasteiger partial charge >= 0.3 is 0 Å². The van der Waals surface area contributed by atoms with Crippen LogP contribution in [0.5, 0.6) is 0 Å². The monoisotopic (exact) mass is 262 g/mol. The van der Waals surface area contributed by atoms with Crippen molar-refractivity contribution >= 4 is 5.78 Å². The van der Waals surface area contributed by atoms with Gasteiger partial charge in [-0.3, -0.25) is 0 Å². The lowest BCUT2D eigenvalue weighted by Crippen LogP contribution is -2.05. The van der Waals surface area contributed by atoms with Crippen LogP contribution in [0.15, 0.2) is 36.0 Å². The zero-order chi connectivity index (χ0) is 14.8. The van der Waals surface area contributed by atoms with Gasteiger partial charge in [0.2, 0.25) is 0 Å². The van der Waals surface area contributed by atoms with Crippen molar-refractivity contribution in [3.8, 4) is 0 Å². The summed E-state index contributed by atoms with van der Waals surface area (Å²) in [6.45, 7) is 14.3. The summed E-state index contributed by atoms with van der Waals surface area (Å²) in [4.78, 5) is 10.9. The third kappa shape index (κ3) is 10.5. The summed E-state index contributed by atoms with van der Waals surface area (Å²) in [5.74, 6) is 1.53. The van der Waals surface area contributed by atoms with Crippen molar-refractivity contribution in [3.05, 3.63) is 36.0 Å². The second-order valence-electron chi connectivity index (χ2n) is 5.94. The molecule has 0 saturated heterocycles. The summed E-state index contributed by atoms with van der Waals surface area (Å²) in [6.07, 6.45) is 10.5. The van der Waals surface area contributed by atoms with Gasteiger partial charge in [-0.05, 0) is 51.9 Å². The Balaban J connectivity index is 4.24. The maximum absolute atomic E-state index is 10.9. The minimum Gasteiger partial charge on any atom is -0.300 e. The largest absolute Gasteiger partial charge is 0.300 e. The molecule has 0 fully saturated rings. The molecule has 0 aliphatic carbocycles. The topological polar surface area (TPSA) is 17.1 Å².